The summed E-state index contributed by atoms with van der Waals surface area (Å²) in [5.74, 6) is 0. The molecule has 2 aromatic heterocycles. The van der Waals surface area contributed by atoms with Gasteiger partial charge in [-0.05, 0) is 82.2 Å². The molecule has 0 aliphatic heterocycles. The lowest BCUT2D eigenvalue weighted by Crippen LogP contribution is -1.94. The molecule has 168 valence electrons. The fraction of sp³-hybridized carbons (Fsp3) is 0. The Morgan fingerprint density at radius 1 is 0.361 bits per heavy atom. The Bertz CT molecular complexity index is 2090. The van der Waals surface area contributed by atoms with Crippen molar-refractivity contribution in [3.8, 4) is 11.4 Å². The van der Waals surface area contributed by atoms with Crippen LogP contribution in [0.4, 0.5) is 0 Å². The van der Waals surface area contributed by atoms with E-state index >= 15 is 0 Å². The maximum absolute atomic E-state index is 2.42. The molecule has 8 rings (SSSR count). The van der Waals surface area contributed by atoms with E-state index in [4.69, 9.17) is 0 Å². The average molecular weight is 459 g/mol. The number of nitrogens with zero attached hydrogens (tertiary/aromatic N) is 2. The molecule has 0 amide bonds. The lowest BCUT2D eigenvalue weighted by molar-refractivity contribution is 1.13. The summed E-state index contributed by atoms with van der Waals surface area (Å²) in [5.41, 5.74) is 6.05. The number of rotatable bonds is 2. The van der Waals surface area contributed by atoms with E-state index in [1.807, 2.05) is 0 Å². The number of aromatic nitrogens is 2. The maximum atomic E-state index is 2.42. The Hall–Kier alpha value is -4.82. The van der Waals surface area contributed by atoms with Crippen molar-refractivity contribution in [1.82, 2.24) is 9.13 Å². The first kappa shape index (κ1) is 19.5. The van der Waals surface area contributed by atoms with Crippen LogP contribution < -0.4 is 0 Å². The Balaban J connectivity index is 1.42. The van der Waals surface area contributed by atoms with Gasteiger partial charge in [0.15, 0.2) is 0 Å². The highest BCUT2D eigenvalue weighted by atomic mass is 15.0. The van der Waals surface area contributed by atoms with Crippen molar-refractivity contribution in [3.63, 3.8) is 0 Å². The van der Waals surface area contributed by atoms with Crippen molar-refractivity contribution in [1.29, 1.82) is 0 Å². The number of hydrogen-bond donors (Lipinski definition) is 0. The molecule has 0 saturated heterocycles. The number of benzene rings is 6. The second kappa shape index (κ2) is 7.34. The highest BCUT2D eigenvalue weighted by Crippen LogP contribution is 2.36. The molecule has 2 nitrogen and oxygen atoms in total. The molecule has 0 aliphatic rings. The van der Waals surface area contributed by atoms with E-state index in [1.54, 1.807) is 0 Å². The van der Waals surface area contributed by atoms with Crippen LogP contribution in [0.1, 0.15) is 0 Å². The Morgan fingerprint density at radius 2 is 1.08 bits per heavy atom. The van der Waals surface area contributed by atoms with Gasteiger partial charge in [-0.3, -0.25) is 0 Å². The molecular weight excluding hydrogens is 436 g/mol. The van der Waals surface area contributed by atoms with Gasteiger partial charge in [0.1, 0.15) is 0 Å². The van der Waals surface area contributed by atoms with Crippen LogP contribution in [0.3, 0.4) is 0 Å². The minimum absolute atomic E-state index is 1.18. The third kappa shape index (κ3) is 2.79. The molecule has 0 atom stereocenters. The molecule has 0 aliphatic carbocycles. The van der Waals surface area contributed by atoms with Crippen molar-refractivity contribution >= 4 is 54.3 Å². The molecule has 6 aromatic carbocycles. The van der Waals surface area contributed by atoms with Crippen LogP contribution in [0.2, 0.25) is 0 Å². The summed E-state index contributed by atoms with van der Waals surface area (Å²) in [6, 6.07) is 46.2. The standard InChI is InChI=1S/C34H22N2/c1-2-10-28(11-3-1)35-17-16-26-21-34-31(22-33(26)35)30-12-6-7-13-32(30)36(34)29-15-14-25-18-23-8-4-5-9-24(23)19-27(25)20-29/h1-22H. The number of fused-ring (bicyclic) bond motifs is 6. The van der Waals surface area contributed by atoms with Gasteiger partial charge in [-0.15, -0.1) is 0 Å². The van der Waals surface area contributed by atoms with Gasteiger partial charge in [-0.2, -0.15) is 0 Å². The molecule has 36 heavy (non-hydrogen) atoms. The van der Waals surface area contributed by atoms with Crippen LogP contribution >= 0.6 is 0 Å². The second-order valence-corrected chi connectivity index (χ2v) is 9.53. The first-order valence-corrected chi connectivity index (χ1v) is 12.4. The van der Waals surface area contributed by atoms with Gasteiger partial charge in [-0.1, -0.05) is 66.7 Å². The summed E-state index contributed by atoms with van der Waals surface area (Å²) < 4.78 is 4.70. The molecule has 0 N–H and O–H groups in total. The van der Waals surface area contributed by atoms with Gasteiger partial charge in [0.25, 0.3) is 0 Å². The summed E-state index contributed by atoms with van der Waals surface area (Å²) in [6.45, 7) is 0. The largest absolute Gasteiger partial charge is 0.317 e. The first-order valence-electron chi connectivity index (χ1n) is 12.4. The van der Waals surface area contributed by atoms with E-state index in [-0.39, 0.29) is 0 Å². The van der Waals surface area contributed by atoms with Crippen molar-refractivity contribution < 1.29 is 0 Å². The maximum Gasteiger partial charge on any atom is 0.0548 e. The topological polar surface area (TPSA) is 9.86 Å². The summed E-state index contributed by atoms with van der Waals surface area (Å²) in [7, 11) is 0. The molecule has 0 unspecified atom stereocenters. The lowest BCUT2D eigenvalue weighted by atomic mass is 10.0. The monoisotopic (exact) mass is 458 g/mol. The minimum Gasteiger partial charge on any atom is -0.317 e. The van der Waals surface area contributed by atoms with Crippen molar-refractivity contribution in [3.05, 3.63) is 134 Å². The summed E-state index contributed by atoms with van der Waals surface area (Å²) >= 11 is 0. The second-order valence-electron chi connectivity index (χ2n) is 9.53. The van der Waals surface area contributed by atoms with Crippen molar-refractivity contribution in [2.75, 3.05) is 0 Å². The highest BCUT2D eigenvalue weighted by molar-refractivity contribution is 6.13. The zero-order valence-corrected chi connectivity index (χ0v) is 19.6. The summed E-state index contributed by atoms with van der Waals surface area (Å²) in [6.07, 6.45) is 2.17. The van der Waals surface area contributed by atoms with Crippen LogP contribution in [-0.2, 0) is 0 Å². The van der Waals surface area contributed by atoms with E-state index < -0.39 is 0 Å². The van der Waals surface area contributed by atoms with Gasteiger partial charge in [0.05, 0.1) is 16.6 Å². The van der Waals surface area contributed by atoms with Crippen LogP contribution in [0, 0.1) is 0 Å². The number of hydrogen-bond acceptors (Lipinski definition) is 0. The Labute approximate surface area is 208 Å². The molecule has 2 heterocycles. The minimum atomic E-state index is 1.18. The van der Waals surface area contributed by atoms with Crippen molar-refractivity contribution in [2.24, 2.45) is 0 Å². The van der Waals surface area contributed by atoms with Crippen molar-refractivity contribution in [2.45, 2.75) is 0 Å². The molecule has 0 saturated carbocycles. The van der Waals surface area contributed by atoms with Gasteiger partial charge in [0.2, 0.25) is 0 Å². The fourth-order valence-corrected chi connectivity index (χ4v) is 5.76. The molecule has 0 radical (unpaired) electrons. The third-order valence-corrected chi connectivity index (χ3v) is 7.46. The van der Waals surface area contributed by atoms with E-state index in [2.05, 4.69) is 143 Å². The van der Waals surface area contributed by atoms with Gasteiger partial charge in [0, 0.05) is 33.7 Å². The predicted molar refractivity (Wildman–Crippen MR) is 153 cm³/mol. The molecule has 8 aromatic rings. The van der Waals surface area contributed by atoms with Crippen LogP contribution in [0.5, 0.6) is 0 Å². The molecule has 0 spiro atoms. The van der Waals surface area contributed by atoms with Gasteiger partial charge in [-0.25, -0.2) is 0 Å². The number of para-hydroxylation sites is 2. The quantitative estimate of drug-likeness (QED) is 0.229. The Kier molecular flexibility index (Phi) is 3.97. The SMILES string of the molecule is c1ccc(-n2ccc3cc4c(cc32)c2ccccc2n4-c2ccc3cc4ccccc4cc3c2)cc1. The van der Waals surface area contributed by atoms with Gasteiger partial charge < -0.3 is 9.13 Å². The van der Waals surface area contributed by atoms with Crippen LogP contribution in [-0.4, -0.2) is 9.13 Å². The zero-order chi connectivity index (χ0) is 23.6. The van der Waals surface area contributed by atoms with E-state index in [0.717, 1.165) is 0 Å². The molecule has 0 bridgehead atoms. The van der Waals surface area contributed by atoms with Crippen LogP contribution in [0.25, 0.3) is 65.6 Å². The first-order chi connectivity index (χ1) is 17.8. The normalized spacial score (nSPS) is 11.9. The smallest absolute Gasteiger partial charge is 0.0548 e. The highest BCUT2D eigenvalue weighted by Gasteiger charge is 2.15. The summed E-state index contributed by atoms with van der Waals surface area (Å²) in [4.78, 5) is 0. The van der Waals surface area contributed by atoms with E-state index in [0.29, 0.717) is 0 Å². The predicted octanol–water partition coefficient (Wildman–Crippen LogP) is 9.03. The van der Waals surface area contributed by atoms with E-state index in [1.165, 1.54) is 65.6 Å². The molecule has 0 fully saturated rings. The fourth-order valence-electron chi connectivity index (χ4n) is 5.76. The van der Waals surface area contributed by atoms with E-state index in [9.17, 15) is 0 Å². The Morgan fingerprint density at radius 3 is 1.94 bits per heavy atom. The van der Waals surface area contributed by atoms with Gasteiger partial charge >= 0.3 is 0 Å². The molecular formula is C34H22N2. The van der Waals surface area contributed by atoms with Crippen LogP contribution in [0.15, 0.2) is 134 Å². The third-order valence-electron chi connectivity index (χ3n) is 7.46. The average Bonchev–Trinajstić information content (AvgIpc) is 3.49. The lowest BCUT2D eigenvalue weighted by Gasteiger charge is -2.11. The zero-order valence-electron chi connectivity index (χ0n) is 19.6. The summed E-state index contributed by atoms with van der Waals surface area (Å²) in [5, 5.41) is 8.85. The molecule has 2 heteroatoms.